The SMILES string of the molecule is CNC(=O)[C@@]1(Cc2ccccc2-c2ccccc2)CCN(C(=O)c2cccc3cccnc23)C1. The molecule has 1 atom stereocenters. The summed E-state index contributed by atoms with van der Waals surface area (Å²) in [6.45, 7) is 0.904. The maximum absolute atomic E-state index is 13.6. The van der Waals surface area contributed by atoms with Crippen LogP contribution in [0.5, 0.6) is 0 Å². The van der Waals surface area contributed by atoms with E-state index in [4.69, 9.17) is 0 Å². The lowest BCUT2D eigenvalue weighted by atomic mass is 9.78. The summed E-state index contributed by atoms with van der Waals surface area (Å²) in [5.41, 5.74) is 3.94. The van der Waals surface area contributed by atoms with Gasteiger partial charge in [-0.05, 0) is 41.7 Å². The second-order valence-electron chi connectivity index (χ2n) is 8.92. The molecule has 0 aliphatic carbocycles. The molecule has 0 saturated carbocycles. The largest absolute Gasteiger partial charge is 0.359 e. The smallest absolute Gasteiger partial charge is 0.256 e. The third kappa shape index (κ3) is 3.94. The molecule has 0 bridgehead atoms. The van der Waals surface area contributed by atoms with Crippen molar-refractivity contribution in [2.24, 2.45) is 5.41 Å². The number of para-hydroxylation sites is 1. The molecule has 1 N–H and O–H groups in total. The number of nitrogens with one attached hydrogen (secondary N) is 1. The van der Waals surface area contributed by atoms with E-state index in [-0.39, 0.29) is 11.8 Å². The zero-order valence-electron chi connectivity index (χ0n) is 19.2. The number of hydrogen-bond acceptors (Lipinski definition) is 3. The highest BCUT2D eigenvalue weighted by atomic mass is 16.2. The van der Waals surface area contributed by atoms with E-state index in [1.807, 2.05) is 65.6 Å². The highest BCUT2D eigenvalue weighted by Crippen LogP contribution is 2.38. The molecule has 2 heterocycles. The lowest BCUT2D eigenvalue weighted by molar-refractivity contribution is -0.129. The Morgan fingerprint density at radius 2 is 1.71 bits per heavy atom. The average Bonchev–Trinajstić information content (AvgIpc) is 3.33. The van der Waals surface area contributed by atoms with Gasteiger partial charge < -0.3 is 10.2 Å². The number of aromatic nitrogens is 1. The molecule has 4 aromatic rings. The molecule has 3 aromatic carbocycles. The van der Waals surface area contributed by atoms with E-state index in [1.54, 1.807) is 13.2 Å². The molecule has 2 amide bonds. The van der Waals surface area contributed by atoms with Crippen LogP contribution < -0.4 is 5.32 Å². The fourth-order valence-electron chi connectivity index (χ4n) is 5.11. The van der Waals surface area contributed by atoms with Crippen LogP contribution in [0.4, 0.5) is 0 Å². The molecule has 170 valence electrons. The first-order valence-electron chi connectivity index (χ1n) is 11.6. The third-order valence-electron chi connectivity index (χ3n) is 6.84. The van der Waals surface area contributed by atoms with Gasteiger partial charge in [0.25, 0.3) is 5.91 Å². The third-order valence-corrected chi connectivity index (χ3v) is 6.84. The zero-order valence-corrected chi connectivity index (χ0v) is 19.2. The molecule has 0 radical (unpaired) electrons. The molecule has 1 aliphatic rings. The quantitative estimate of drug-likeness (QED) is 0.479. The second-order valence-corrected chi connectivity index (χ2v) is 8.92. The zero-order chi connectivity index (χ0) is 23.5. The van der Waals surface area contributed by atoms with Gasteiger partial charge in [0.2, 0.25) is 5.91 Å². The van der Waals surface area contributed by atoms with Crippen LogP contribution in [0.2, 0.25) is 0 Å². The number of pyridine rings is 1. The van der Waals surface area contributed by atoms with Crippen molar-refractivity contribution in [3.05, 3.63) is 102 Å². The van der Waals surface area contributed by atoms with Crippen LogP contribution in [0, 0.1) is 5.41 Å². The summed E-state index contributed by atoms with van der Waals surface area (Å²) in [7, 11) is 1.67. The topological polar surface area (TPSA) is 62.3 Å². The molecular weight excluding hydrogens is 422 g/mol. The predicted octanol–water partition coefficient (Wildman–Crippen LogP) is 4.72. The summed E-state index contributed by atoms with van der Waals surface area (Å²) in [5.74, 6) is -0.104. The van der Waals surface area contributed by atoms with Gasteiger partial charge in [-0.25, -0.2) is 0 Å². The number of likely N-dealkylation sites (tertiary alicyclic amines) is 1. The highest BCUT2D eigenvalue weighted by molar-refractivity contribution is 6.05. The van der Waals surface area contributed by atoms with Gasteiger partial charge in [-0.2, -0.15) is 0 Å². The summed E-state index contributed by atoms with van der Waals surface area (Å²) in [6, 6.07) is 27.9. The number of benzene rings is 3. The standard InChI is InChI=1S/C29H27N3O2/c1-30-28(34)29(19-23-11-5-6-14-24(23)21-9-3-2-4-10-21)16-18-32(20-29)27(33)25-15-7-12-22-13-8-17-31-26(22)25/h2-15,17H,16,18-20H2,1H3,(H,30,34)/t29-/m1/s1. The predicted molar refractivity (Wildman–Crippen MR) is 134 cm³/mol. The summed E-state index contributed by atoms with van der Waals surface area (Å²) in [6.07, 6.45) is 2.88. The number of hydrogen-bond donors (Lipinski definition) is 1. The van der Waals surface area contributed by atoms with E-state index < -0.39 is 5.41 Å². The van der Waals surface area contributed by atoms with Gasteiger partial charge in [-0.3, -0.25) is 14.6 Å². The van der Waals surface area contributed by atoms with E-state index in [0.29, 0.717) is 37.0 Å². The highest BCUT2D eigenvalue weighted by Gasteiger charge is 2.46. The van der Waals surface area contributed by atoms with Gasteiger partial charge in [-0.1, -0.05) is 72.8 Å². The number of carbonyl (C=O) groups is 2. The van der Waals surface area contributed by atoms with Gasteiger partial charge in [0, 0.05) is 31.7 Å². The molecule has 1 fully saturated rings. The van der Waals surface area contributed by atoms with Crippen molar-refractivity contribution in [2.75, 3.05) is 20.1 Å². The maximum Gasteiger partial charge on any atom is 0.256 e. The number of fused-ring (bicyclic) bond motifs is 1. The van der Waals surface area contributed by atoms with E-state index >= 15 is 0 Å². The molecule has 0 spiro atoms. The normalized spacial score (nSPS) is 17.6. The molecule has 0 unspecified atom stereocenters. The Bertz CT molecular complexity index is 1350. The summed E-state index contributed by atoms with van der Waals surface area (Å²) in [5, 5.41) is 3.80. The second kappa shape index (κ2) is 9.10. The molecule has 1 saturated heterocycles. The van der Waals surface area contributed by atoms with Gasteiger partial charge in [0.15, 0.2) is 0 Å². The molecule has 1 aromatic heterocycles. The van der Waals surface area contributed by atoms with Crippen LogP contribution in [0.15, 0.2) is 91.1 Å². The van der Waals surface area contributed by atoms with Crippen LogP contribution in [-0.2, 0) is 11.2 Å². The van der Waals surface area contributed by atoms with Gasteiger partial charge in [0.1, 0.15) is 0 Å². The van der Waals surface area contributed by atoms with E-state index in [2.05, 4.69) is 34.6 Å². The van der Waals surface area contributed by atoms with Crippen molar-refractivity contribution in [2.45, 2.75) is 12.8 Å². The van der Waals surface area contributed by atoms with Crippen LogP contribution >= 0.6 is 0 Å². The Hall–Kier alpha value is -3.99. The summed E-state index contributed by atoms with van der Waals surface area (Å²) in [4.78, 5) is 33.1. The Morgan fingerprint density at radius 3 is 2.53 bits per heavy atom. The Labute approximate surface area is 199 Å². The fourth-order valence-corrected chi connectivity index (χ4v) is 5.11. The molecular formula is C29H27N3O2. The number of carbonyl (C=O) groups excluding carboxylic acids is 2. The van der Waals surface area contributed by atoms with Crippen LogP contribution in [0.25, 0.3) is 22.0 Å². The number of amides is 2. The molecule has 5 rings (SSSR count). The first-order valence-corrected chi connectivity index (χ1v) is 11.6. The molecule has 34 heavy (non-hydrogen) atoms. The number of rotatable bonds is 5. The van der Waals surface area contributed by atoms with Crippen molar-refractivity contribution >= 4 is 22.7 Å². The van der Waals surface area contributed by atoms with Crippen LogP contribution in [-0.4, -0.2) is 41.8 Å². The Kier molecular flexibility index (Phi) is 5.84. The molecule has 1 aliphatic heterocycles. The molecule has 5 heteroatoms. The van der Waals surface area contributed by atoms with Crippen LogP contribution in [0.3, 0.4) is 0 Å². The van der Waals surface area contributed by atoms with Gasteiger partial charge in [-0.15, -0.1) is 0 Å². The lowest BCUT2D eigenvalue weighted by Gasteiger charge is -2.29. The Morgan fingerprint density at radius 1 is 0.941 bits per heavy atom. The van der Waals surface area contributed by atoms with Gasteiger partial charge in [0.05, 0.1) is 16.5 Å². The lowest BCUT2D eigenvalue weighted by Crippen LogP contribution is -2.44. The minimum absolute atomic E-state index is 0.0262. The average molecular weight is 450 g/mol. The summed E-state index contributed by atoms with van der Waals surface area (Å²) >= 11 is 0. The molecule has 5 nitrogen and oxygen atoms in total. The van der Waals surface area contributed by atoms with Crippen LogP contribution in [0.1, 0.15) is 22.3 Å². The van der Waals surface area contributed by atoms with Gasteiger partial charge >= 0.3 is 0 Å². The first-order chi connectivity index (χ1) is 16.6. The van der Waals surface area contributed by atoms with E-state index in [0.717, 1.165) is 22.1 Å². The minimum atomic E-state index is -0.687. The van der Waals surface area contributed by atoms with Crippen molar-refractivity contribution in [3.8, 4) is 11.1 Å². The minimum Gasteiger partial charge on any atom is -0.359 e. The van der Waals surface area contributed by atoms with Crippen molar-refractivity contribution in [3.63, 3.8) is 0 Å². The first kappa shape index (κ1) is 21.8. The van der Waals surface area contributed by atoms with Crippen molar-refractivity contribution in [1.29, 1.82) is 0 Å². The fraction of sp³-hybridized carbons (Fsp3) is 0.207. The number of nitrogens with zero attached hydrogens (tertiary/aromatic N) is 2. The van der Waals surface area contributed by atoms with Crippen molar-refractivity contribution in [1.82, 2.24) is 15.2 Å². The van der Waals surface area contributed by atoms with E-state index in [9.17, 15) is 9.59 Å². The van der Waals surface area contributed by atoms with Crippen molar-refractivity contribution < 1.29 is 9.59 Å². The van der Waals surface area contributed by atoms with E-state index in [1.165, 1.54) is 0 Å². The maximum atomic E-state index is 13.6. The Balaban J connectivity index is 1.47. The monoisotopic (exact) mass is 449 g/mol. The summed E-state index contributed by atoms with van der Waals surface area (Å²) < 4.78 is 0.